The lowest BCUT2D eigenvalue weighted by atomic mass is 9.63. The SMILES string of the molecule is O=C(O)c1ccc(N2CC3(CCC3)C2)c(Br)c1. The predicted molar refractivity (Wildman–Crippen MR) is 69.6 cm³/mol. The van der Waals surface area contributed by atoms with E-state index in [2.05, 4.69) is 20.8 Å². The Labute approximate surface area is 109 Å². The van der Waals surface area contributed by atoms with Crippen LogP contribution in [0.4, 0.5) is 5.69 Å². The van der Waals surface area contributed by atoms with Crippen molar-refractivity contribution in [3.8, 4) is 0 Å². The summed E-state index contributed by atoms with van der Waals surface area (Å²) in [5, 5.41) is 8.91. The van der Waals surface area contributed by atoms with Gasteiger partial charge in [-0.2, -0.15) is 0 Å². The summed E-state index contributed by atoms with van der Waals surface area (Å²) < 4.78 is 0.881. The van der Waals surface area contributed by atoms with E-state index in [4.69, 9.17) is 5.11 Å². The molecule has 1 N–H and O–H groups in total. The van der Waals surface area contributed by atoms with Gasteiger partial charge < -0.3 is 10.0 Å². The van der Waals surface area contributed by atoms with Crippen molar-refractivity contribution in [1.29, 1.82) is 0 Å². The Morgan fingerprint density at radius 2 is 2.06 bits per heavy atom. The van der Waals surface area contributed by atoms with Crippen molar-refractivity contribution >= 4 is 27.6 Å². The first-order valence-electron chi connectivity index (χ1n) is 5.88. The van der Waals surface area contributed by atoms with Crippen molar-refractivity contribution in [3.63, 3.8) is 0 Å². The number of hydrogen-bond donors (Lipinski definition) is 1. The first-order chi connectivity index (χ1) is 8.10. The molecule has 3 rings (SSSR count). The number of benzene rings is 1. The van der Waals surface area contributed by atoms with Crippen LogP contribution in [0, 0.1) is 5.41 Å². The topological polar surface area (TPSA) is 40.5 Å². The third kappa shape index (κ3) is 1.75. The Bertz CT molecular complexity index is 474. The van der Waals surface area contributed by atoms with Crippen molar-refractivity contribution in [2.45, 2.75) is 19.3 Å². The molecule has 90 valence electrons. The normalized spacial score (nSPS) is 20.9. The number of rotatable bonds is 2. The van der Waals surface area contributed by atoms with Gasteiger partial charge in [0, 0.05) is 23.0 Å². The van der Waals surface area contributed by atoms with Gasteiger partial charge in [-0.3, -0.25) is 0 Å². The van der Waals surface area contributed by atoms with Gasteiger partial charge in [0.25, 0.3) is 0 Å². The largest absolute Gasteiger partial charge is 0.478 e. The van der Waals surface area contributed by atoms with E-state index in [0.717, 1.165) is 23.2 Å². The predicted octanol–water partition coefficient (Wildman–Crippen LogP) is 3.14. The molecule has 1 saturated carbocycles. The fraction of sp³-hybridized carbons (Fsp3) is 0.462. The van der Waals surface area contributed by atoms with Crippen LogP contribution >= 0.6 is 15.9 Å². The number of hydrogen-bond acceptors (Lipinski definition) is 2. The van der Waals surface area contributed by atoms with Crippen molar-refractivity contribution in [2.75, 3.05) is 18.0 Å². The third-order valence-electron chi connectivity index (χ3n) is 4.00. The summed E-state index contributed by atoms with van der Waals surface area (Å²) >= 11 is 3.46. The summed E-state index contributed by atoms with van der Waals surface area (Å²) in [5.41, 5.74) is 2.04. The molecule has 2 aliphatic rings. The van der Waals surface area contributed by atoms with E-state index in [-0.39, 0.29) is 0 Å². The summed E-state index contributed by atoms with van der Waals surface area (Å²) in [7, 11) is 0. The molecule has 2 fully saturated rings. The van der Waals surface area contributed by atoms with Gasteiger partial charge in [-0.15, -0.1) is 0 Å². The molecule has 0 aromatic heterocycles. The number of anilines is 1. The molecule has 1 aromatic rings. The van der Waals surface area contributed by atoms with Crippen molar-refractivity contribution in [3.05, 3.63) is 28.2 Å². The molecule has 1 saturated heterocycles. The first kappa shape index (κ1) is 11.1. The number of carboxylic acid groups (broad SMARTS) is 1. The maximum Gasteiger partial charge on any atom is 0.335 e. The standard InChI is InChI=1S/C13H14BrNO2/c14-10-6-9(12(16)17)2-3-11(10)15-7-13(8-15)4-1-5-13/h2-3,6H,1,4-5,7-8H2,(H,16,17). The minimum atomic E-state index is -0.878. The average molecular weight is 296 g/mol. The van der Waals surface area contributed by atoms with Gasteiger partial charge in [0.2, 0.25) is 0 Å². The molecule has 0 unspecified atom stereocenters. The quantitative estimate of drug-likeness (QED) is 0.911. The Kier molecular flexibility index (Phi) is 2.43. The highest BCUT2D eigenvalue weighted by Crippen LogP contribution is 2.50. The zero-order chi connectivity index (χ0) is 12.0. The second-order valence-corrected chi connectivity index (χ2v) is 6.04. The number of carbonyl (C=O) groups is 1. The second kappa shape index (κ2) is 3.73. The molecule has 3 nitrogen and oxygen atoms in total. The van der Waals surface area contributed by atoms with Crippen LogP contribution in [0.1, 0.15) is 29.6 Å². The van der Waals surface area contributed by atoms with Crippen LogP contribution in [-0.4, -0.2) is 24.2 Å². The Morgan fingerprint density at radius 1 is 1.35 bits per heavy atom. The second-order valence-electron chi connectivity index (χ2n) is 5.18. The van der Waals surface area contributed by atoms with E-state index in [1.807, 2.05) is 6.07 Å². The monoisotopic (exact) mass is 295 g/mol. The fourth-order valence-corrected chi connectivity index (χ4v) is 3.45. The average Bonchev–Trinajstić information content (AvgIpc) is 2.15. The van der Waals surface area contributed by atoms with Gasteiger partial charge in [0.1, 0.15) is 0 Å². The molecular weight excluding hydrogens is 282 g/mol. The highest BCUT2D eigenvalue weighted by atomic mass is 79.9. The lowest BCUT2D eigenvalue weighted by Gasteiger charge is -2.57. The molecule has 4 heteroatoms. The van der Waals surface area contributed by atoms with E-state index >= 15 is 0 Å². The van der Waals surface area contributed by atoms with Gasteiger partial charge in [-0.1, -0.05) is 6.42 Å². The molecule has 0 radical (unpaired) electrons. The molecule has 0 bridgehead atoms. The van der Waals surface area contributed by atoms with Crippen LogP contribution in [0.3, 0.4) is 0 Å². The molecule has 1 heterocycles. The zero-order valence-electron chi connectivity index (χ0n) is 9.45. The Hall–Kier alpha value is -1.03. The zero-order valence-corrected chi connectivity index (χ0v) is 11.0. The number of halogens is 1. The summed E-state index contributed by atoms with van der Waals surface area (Å²) in [4.78, 5) is 13.2. The summed E-state index contributed by atoms with van der Waals surface area (Å²) in [5.74, 6) is -0.878. The van der Waals surface area contributed by atoms with E-state index in [1.54, 1.807) is 12.1 Å². The van der Waals surface area contributed by atoms with Crippen LogP contribution in [-0.2, 0) is 0 Å². The lowest BCUT2D eigenvalue weighted by molar-refractivity contribution is 0.0696. The highest BCUT2D eigenvalue weighted by molar-refractivity contribution is 9.10. The van der Waals surface area contributed by atoms with Crippen LogP contribution < -0.4 is 4.90 Å². The van der Waals surface area contributed by atoms with Crippen molar-refractivity contribution in [1.82, 2.24) is 0 Å². The van der Waals surface area contributed by atoms with E-state index < -0.39 is 5.97 Å². The van der Waals surface area contributed by atoms with Gasteiger partial charge in [-0.25, -0.2) is 4.79 Å². The van der Waals surface area contributed by atoms with E-state index in [0.29, 0.717) is 11.0 Å². The Morgan fingerprint density at radius 3 is 2.53 bits per heavy atom. The van der Waals surface area contributed by atoms with Crippen LogP contribution in [0.25, 0.3) is 0 Å². The van der Waals surface area contributed by atoms with Crippen LogP contribution in [0.2, 0.25) is 0 Å². The minimum absolute atomic E-state index is 0.333. The third-order valence-corrected chi connectivity index (χ3v) is 4.64. The van der Waals surface area contributed by atoms with Crippen molar-refractivity contribution < 1.29 is 9.90 Å². The summed E-state index contributed by atoms with van der Waals surface area (Å²) in [6, 6.07) is 5.26. The minimum Gasteiger partial charge on any atom is -0.478 e. The van der Waals surface area contributed by atoms with E-state index in [9.17, 15) is 4.79 Å². The lowest BCUT2D eigenvalue weighted by Crippen LogP contribution is -2.59. The van der Waals surface area contributed by atoms with E-state index in [1.165, 1.54) is 19.3 Å². The maximum atomic E-state index is 10.8. The number of aromatic carboxylic acids is 1. The molecule has 0 atom stereocenters. The highest BCUT2D eigenvalue weighted by Gasteiger charge is 2.47. The summed E-state index contributed by atoms with van der Waals surface area (Å²) in [6.07, 6.45) is 4.08. The van der Waals surface area contributed by atoms with Crippen molar-refractivity contribution in [2.24, 2.45) is 5.41 Å². The van der Waals surface area contributed by atoms with Gasteiger partial charge in [0.05, 0.1) is 11.3 Å². The summed E-state index contributed by atoms with van der Waals surface area (Å²) in [6.45, 7) is 2.25. The molecule has 1 aliphatic heterocycles. The molecular formula is C13H14BrNO2. The van der Waals surface area contributed by atoms with Crippen LogP contribution in [0.15, 0.2) is 22.7 Å². The number of nitrogens with zero attached hydrogens (tertiary/aromatic N) is 1. The maximum absolute atomic E-state index is 10.8. The molecule has 1 spiro atoms. The fourth-order valence-electron chi connectivity index (χ4n) is 2.82. The number of carboxylic acids is 1. The smallest absolute Gasteiger partial charge is 0.335 e. The molecule has 1 aliphatic carbocycles. The van der Waals surface area contributed by atoms with Gasteiger partial charge in [0.15, 0.2) is 0 Å². The molecule has 1 aromatic carbocycles. The van der Waals surface area contributed by atoms with Crippen LogP contribution in [0.5, 0.6) is 0 Å². The van der Waals surface area contributed by atoms with Gasteiger partial charge >= 0.3 is 5.97 Å². The van der Waals surface area contributed by atoms with Gasteiger partial charge in [-0.05, 0) is 47.0 Å². The Balaban J connectivity index is 1.78. The molecule has 0 amide bonds. The first-order valence-corrected chi connectivity index (χ1v) is 6.67. The molecule has 17 heavy (non-hydrogen) atoms.